The zero-order valence-corrected chi connectivity index (χ0v) is 13.1. The van der Waals surface area contributed by atoms with E-state index in [0.717, 1.165) is 5.56 Å². The summed E-state index contributed by atoms with van der Waals surface area (Å²) in [6.07, 6.45) is 0.198. The van der Waals surface area contributed by atoms with Crippen LogP contribution in [0.4, 0.5) is 4.39 Å². The summed E-state index contributed by atoms with van der Waals surface area (Å²) in [5, 5.41) is 8.73. The summed E-state index contributed by atoms with van der Waals surface area (Å²) in [6, 6.07) is 24.1. The van der Waals surface area contributed by atoms with Crippen molar-refractivity contribution in [3.8, 4) is 22.9 Å². The molecular formula is C21H16FNO. The van der Waals surface area contributed by atoms with Crippen molar-refractivity contribution in [1.82, 2.24) is 0 Å². The molecule has 0 unspecified atom stereocenters. The number of hydrogen-bond acceptors (Lipinski definition) is 2. The summed E-state index contributed by atoms with van der Waals surface area (Å²) in [6.45, 7) is 0.423. The van der Waals surface area contributed by atoms with E-state index >= 15 is 0 Å². The monoisotopic (exact) mass is 317 g/mol. The normalized spacial score (nSPS) is 10.2. The van der Waals surface area contributed by atoms with E-state index < -0.39 is 0 Å². The van der Waals surface area contributed by atoms with E-state index in [1.54, 1.807) is 12.1 Å². The number of halogens is 1. The number of ether oxygens (including phenoxy) is 1. The van der Waals surface area contributed by atoms with Crippen LogP contribution in [-0.4, -0.2) is 0 Å². The second-order valence-electron chi connectivity index (χ2n) is 5.42. The molecule has 0 saturated carbocycles. The lowest BCUT2D eigenvalue weighted by molar-refractivity contribution is 0.307. The second-order valence-corrected chi connectivity index (χ2v) is 5.42. The molecule has 0 amide bonds. The number of para-hydroxylation sites is 1. The van der Waals surface area contributed by atoms with Gasteiger partial charge in [0.2, 0.25) is 0 Å². The zero-order valence-electron chi connectivity index (χ0n) is 13.1. The minimum atomic E-state index is -0.349. The molecule has 2 nitrogen and oxygen atoms in total. The molecule has 0 N–H and O–H groups in total. The molecule has 0 radical (unpaired) electrons. The van der Waals surface area contributed by atoms with E-state index in [-0.39, 0.29) is 12.2 Å². The first kappa shape index (κ1) is 15.8. The molecule has 24 heavy (non-hydrogen) atoms. The van der Waals surface area contributed by atoms with Crippen LogP contribution in [0, 0.1) is 17.1 Å². The largest absolute Gasteiger partial charge is 0.488 e. The smallest absolute Gasteiger partial charge is 0.131 e. The molecule has 3 aromatic rings. The van der Waals surface area contributed by atoms with Gasteiger partial charge in [0.15, 0.2) is 0 Å². The van der Waals surface area contributed by atoms with Crippen LogP contribution in [0.5, 0.6) is 5.75 Å². The van der Waals surface area contributed by atoms with Gasteiger partial charge in [-0.25, -0.2) is 4.39 Å². The first-order valence-corrected chi connectivity index (χ1v) is 7.69. The third-order valence-electron chi connectivity index (χ3n) is 3.73. The summed E-state index contributed by atoms with van der Waals surface area (Å²) < 4.78 is 20.3. The van der Waals surface area contributed by atoms with Crippen molar-refractivity contribution >= 4 is 0 Å². The van der Waals surface area contributed by atoms with Crippen LogP contribution in [0.1, 0.15) is 11.1 Å². The standard InChI is InChI=1S/C21H16FNO/c22-20-14-16(12-13-23)10-11-18(20)19-8-4-5-9-21(19)24-15-17-6-2-1-3-7-17/h1-11,14H,12,15H2. The predicted molar refractivity (Wildman–Crippen MR) is 91.9 cm³/mol. The van der Waals surface area contributed by atoms with Crippen LogP contribution in [0.2, 0.25) is 0 Å². The van der Waals surface area contributed by atoms with E-state index in [4.69, 9.17) is 10.00 Å². The van der Waals surface area contributed by atoms with Crippen LogP contribution in [0.25, 0.3) is 11.1 Å². The Bertz CT molecular complexity index is 869. The summed E-state index contributed by atoms with van der Waals surface area (Å²) in [4.78, 5) is 0. The molecule has 0 atom stereocenters. The van der Waals surface area contributed by atoms with Crippen molar-refractivity contribution in [2.75, 3.05) is 0 Å². The molecule has 118 valence electrons. The fourth-order valence-corrected chi connectivity index (χ4v) is 2.53. The highest BCUT2D eigenvalue weighted by Crippen LogP contribution is 2.32. The van der Waals surface area contributed by atoms with Gasteiger partial charge in [-0.15, -0.1) is 0 Å². The highest BCUT2D eigenvalue weighted by molar-refractivity contribution is 5.71. The Kier molecular flexibility index (Phi) is 4.88. The van der Waals surface area contributed by atoms with E-state index in [1.807, 2.05) is 60.7 Å². The maximum Gasteiger partial charge on any atom is 0.131 e. The number of benzene rings is 3. The summed E-state index contributed by atoms with van der Waals surface area (Å²) in [5.74, 6) is 0.284. The Morgan fingerprint density at radius 1 is 0.833 bits per heavy atom. The number of hydrogen-bond donors (Lipinski definition) is 0. The Hall–Kier alpha value is -3.12. The Morgan fingerprint density at radius 3 is 2.33 bits per heavy atom. The molecule has 0 heterocycles. The molecule has 0 aliphatic carbocycles. The molecule has 3 rings (SSSR count). The average Bonchev–Trinajstić information content (AvgIpc) is 2.62. The van der Waals surface area contributed by atoms with Crippen molar-refractivity contribution in [2.45, 2.75) is 13.0 Å². The molecule has 0 aliphatic heterocycles. The first-order valence-electron chi connectivity index (χ1n) is 7.69. The van der Waals surface area contributed by atoms with Crippen molar-refractivity contribution in [2.24, 2.45) is 0 Å². The lowest BCUT2D eigenvalue weighted by Crippen LogP contribution is -1.97. The fourth-order valence-electron chi connectivity index (χ4n) is 2.53. The Morgan fingerprint density at radius 2 is 1.58 bits per heavy atom. The number of nitriles is 1. The minimum absolute atomic E-state index is 0.198. The quantitative estimate of drug-likeness (QED) is 0.653. The van der Waals surface area contributed by atoms with E-state index in [9.17, 15) is 4.39 Å². The van der Waals surface area contributed by atoms with Crippen LogP contribution in [-0.2, 0) is 13.0 Å². The maximum atomic E-state index is 14.4. The molecule has 0 spiro atoms. The van der Waals surface area contributed by atoms with Gasteiger partial charge in [-0.05, 0) is 23.3 Å². The van der Waals surface area contributed by atoms with E-state index in [2.05, 4.69) is 0 Å². The predicted octanol–water partition coefficient (Wildman–Crippen LogP) is 5.14. The Labute approximate surface area is 140 Å². The summed E-state index contributed by atoms with van der Waals surface area (Å²) in [7, 11) is 0. The van der Waals surface area contributed by atoms with Crippen molar-refractivity contribution < 1.29 is 9.13 Å². The highest BCUT2D eigenvalue weighted by Gasteiger charge is 2.11. The van der Waals surface area contributed by atoms with Crippen molar-refractivity contribution in [3.05, 3.63) is 89.7 Å². The molecule has 3 heteroatoms. The molecule has 0 aliphatic rings. The van der Waals surface area contributed by atoms with E-state index in [1.165, 1.54) is 6.07 Å². The van der Waals surface area contributed by atoms with Gasteiger partial charge in [-0.3, -0.25) is 0 Å². The van der Waals surface area contributed by atoms with Crippen molar-refractivity contribution in [3.63, 3.8) is 0 Å². The van der Waals surface area contributed by atoms with Gasteiger partial charge in [-0.1, -0.05) is 60.7 Å². The van der Waals surface area contributed by atoms with Gasteiger partial charge in [0.25, 0.3) is 0 Å². The van der Waals surface area contributed by atoms with Crippen LogP contribution in [0.3, 0.4) is 0 Å². The highest BCUT2D eigenvalue weighted by atomic mass is 19.1. The average molecular weight is 317 g/mol. The van der Waals surface area contributed by atoms with Gasteiger partial charge in [0, 0.05) is 11.1 Å². The fraction of sp³-hybridized carbons (Fsp3) is 0.0952. The lowest BCUT2D eigenvalue weighted by atomic mass is 10.0. The lowest BCUT2D eigenvalue weighted by Gasteiger charge is -2.13. The topological polar surface area (TPSA) is 33.0 Å². The summed E-state index contributed by atoms with van der Waals surface area (Å²) in [5.41, 5.74) is 2.90. The molecule has 0 fully saturated rings. The minimum Gasteiger partial charge on any atom is -0.488 e. The number of rotatable bonds is 5. The third kappa shape index (κ3) is 3.61. The maximum absolute atomic E-state index is 14.4. The van der Waals surface area contributed by atoms with Crippen LogP contribution < -0.4 is 4.74 Å². The van der Waals surface area contributed by atoms with Crippen LogP contribution in [0.15, 0.2) is 72.8 Å². The Balaban J connectivity index is 1.88. The van der Waals surface area contributed by atoms with Gasteiger partial charge < -0.3 is 4.74 Å². The zero-order chi connectivity index (χ0) is 16.8. The van der Waals surface area contributed by atoms with Gasteiger partial charge in [0.1, 0.15) is 18.2 Å². The molecule has 0 saturated heterocycles. The SMILES string of the molecule is N#CCc1ccc(-c2ccccc2OCc2ccccc2)c(F)c1. The first-order chi connectivity index (χ1) is 11.8. The van der Waals surface area contributed by atoms with Crippen LogP contribution >= 0.6 is 0 Å². The molecular weight excluding hydrogens is 301 g/mol. The summed E-state index contributed by atoms with van der Waals surface area (Å²) >= 11 is 0. The van der Waals surface area contributed by atoms with Gasteiger partial charge >= 0.3 is 0 Å². The van der Waals surface area contributed by atoms with Gasteiger partial charge in [0.05, 0.1) is 12.5 Å². The molecule has 0 bridgehead atoms. The van der Waals surface area contributed by atoms with E-state index in [0.29, 0.717) is 29.0 Å². The van der Waals surface area contributed by atoms with Crippen molar-refractivity contribution in [1.29, 1.82) is 5.26 Å². The second kappa shape index (κ2) is 7.43. The molecule has 0 aromatic heterocycles. The third-order valence-corrected chi connectivity index (χ3v) is 3.73. The molecule has 3 aromatic carbocycles. The number of nitrogens with zero attached hydrogens (tertiary/aromatic N) is 1. The van der Waals surface area contributed by atoms with Gasteiger partial charge in [-0.2, -0.15) is 5.26 Å².